The molecule has 0 aliphatic heterocycles. The summed E-state index contributed by atoms with van der Waals surface area (Å²) in [4.78, 5) is 26.7. The zero-order valence-electron chi connectivity index (χ0n) is 16.0. The van der Waals surface area contributed by atoms with Gasteiger partial charge < -0.3 is 19.2 Å². The first-order valence-electron chi connectivity index (χ1n) is 8.75. The van der Waals surface area contributed by atoms with Gasteiger partial charge in [-0.25, -0.2) is 4.98 Å². The van der Waals surface area contributed by atoms with Crippen LogP contribution in [-0.2, 0) is 0 Å². The fourth-order valence-electron chi connectivity index (χ4n) is 3.01. The van der Waals surface area contributed by atoms with E-state index in [0.29, 0.717) is 22.8 Å². The second-order valence-corrected chi connectivity index (χ2v) is 6.20. The van der Waals surface area contributed by atoms with Crippen molar-refractivity contribution in [3.05, 3.63) is 70.7 Å². The molecule has 0 bridgehead atoms. The smallest absolute Gasteiger partial charge is 0.433 e. The molecule has 30 heavy (non-hydrogen) atoms. The van der Waals surface area contributed by atoms with E-state index in [1.807, 2.05) is 22.7 Å². The van der Waals surface area contributed by atoms with Gasteiger partial charge in [0, 0.05) is 29.6 Å². The van der Waals surface area contributed by atoms with E-state index in [1.54, 1.807) is 31.5 Å². The van der Waals surface area contributed by atoms with E-state index in [1.165, 1.54) is 13.2 Å². The molecule has 4 rings (SSSR count). The number of methoxy groups -OCH3 is 2. The van der Waals surface area contributed by atoms with Crippen molar-refractivity contribution in [2.24, 2.45) is 0 Å². The highest BCUT2D eigenvalue weighted by atomic mass is 16.6. The van der Waals surface area contributed by atoms with Gasteiger partial charge in [-0.05, 0) is 24.3 Å². The number of benzene rings is 1. The van der Waals surface area contributed by atoms with Gasteiger partial charge in [0.15, 0.2) is 5.76 Å². The number of furan rings is 1. The van der Waals surface area contributed by atoms with Crippen molar-refractivity contribution < 1.29 is 23.6 Å². The van der Waals surface area contributed by atoms with Gasteiger partial charge in [-0.15, -0.1) is 0 Å². The number of nitrogens with zero attached hydrogens (tertiary/aromatic N) is 3. The van der Waals surface area contributed by atoms with Gasteiger partial charge in [0.25, 0.3) is 5.91 Å². The van der Waals surface area contributed by atoms with Crippen LogP contribution in [0.4, 0.5) is 11.6 Å². The van der Waals surface area contributed by atoms with Crippen molar-refractivity contribution in [3.63, 3.8) is 0 Å². The van der Waals surface area contributed by atoms with Gasteiger partial charge in [0.1, 0.15) is 22.1 Å². The van der Waals surface area contributed by atoms with E-state index < -0.39 is 16.7 Å². The highest BCUT2D eigenvalue weighted by molar-refractivity contribution is 6.02. The monoisotopic (exact) mass is 408 g/mol. The Morgan fingerprint density at radius 3 is 2.70 bits per heavy atom. The molecule has 1 aromatic carbocycles. The molecule has 0 saturated carbocycles. The number of carbonyl (C=O) groups excluding carboxylic acids is 1. The minimum Gasteiger partial charge on any atom is -0.497 e. The molecule has 3 aromatic heterocycles. The summed E-state index contributed by atoms with van der Waals surface area (Å²) in [5.74, 6) is -0.0729. The van der Waals surface area contributed by atoms with Crippen molar-refractivity contribution >= 4 is 23.1 Å². The van der Waals surface area contributed by atoms with Crippen LogP contribution in [0.2, 0.25) is 0 Å². The Morgan fingerprint density at radius 2 is 2.00 bits per heavy atom. The zero-order chi connectivity index (χ0) is 21.3. The lowest BCUT2D eigenvalue weighted by atomic mass is 10.1. The topological polar surface area (TPSA) is 121 Å². The maximum atomic E-state index is 12.3. The first-order chi connectivity index (χ1) is 14.5. The van der Waals surface area contributed by atoms with Crippen LogP contribution in [-0.4, -0.2) is 34.4 Å². The van der Waals surface area contributed by atoms with Crippen LogP contribution in [0.1, 0.15) is 10.6 Å². The number of imidazole rings is 1. The summed E-state index contributed by atoms with van der Waals surface area (Å²) in [5.41, 5.74) is 2.71. The Kier molecular flexibility index (Phi) is 4.80. The molecule has 1 amide bonds. The molecule has 152 valence electrons. The lowest BCUT2D eigenvalue weighted by Gasteiger charge is -2.11. The normalized spacial score (nSPS) is 10.7. The van der Waals surface area contributed by atoms with E-state index in [0.717, 1.165) is 17.3 Å². The molecular formula is C20H16N4O6. The van der Waals surface area contributed by atoms with Gasteiger partial charge in [-0.2, -0.15) is 0 Å². The number of hydrogen-bond acceptors (Lipinski definition) is 7. The fraction of sp³-hybridized carbons (Fsp3) is 0.100. The predicted molar refractivity (Wildman–Crippen MR) is 107 cm³/mol. The first kappa shape index (κ1) is 19.0. The van der Waals surface area contributed by atoms with Gasteiger partial charge in [0.2, 0.25) is 0 Å². The van der Waals surface area contributed by atoms with Crippen LogP contribution in [0.25, 0.3) is 16.9 Å². The number of rotatable bonds is 6. The number of carbonyl (C=O) groups is 1. The quantitative estimate of drug-likeness (QED) is 0.381. The van der Waals surface area contributed by atoms with Crippen LogP contribution >= 0.6 is 0 Å². The van der Waals surface area contributed by atoms with Crippen molar-refractivity contribution in [1.82, 2.24) is 9.38 Å². The number of amides is 1. The lowest BCUT2D eigenvalue weighted by Crippen LogP contribution is -2.11. The van der Waals surface area contributed by atoms with E-state index >= 15 is 0 Å². The number of hydrogen-bond donors (Lipinski definition) is 1. The first-order valence-corrected chi connectivity index (χ1v) is 8.75. The summed E-state index contributed by atoms with van der Waals surface area (Å²) in [7, 11) is 3.11. The number of nitro groups is 1. The Labute approximate surface area is 169 Å². The summed E-state index contributed by atoms with van der Waals surface area (Å²) in [6.07, 6.45) is 3.56. The average Bonchev–Trinajstić information content (AvgIpc) is 3.41. The Balaban J connectivity index is 1.63. The maximum Gasteiger partial charge on any atom is 0.433 e. The summed E-state index contributed by atoms with van der Waals surface area (Å²) in [6, 6.07) is 11.1. The van der Waals surface area contributed by atoms with Crippen LogP contribution in [0.15, 0.2) is 59.3 Å². The third-order valence-electron chi connectivity index (χ3n) is 4.45. The van der Waals surface area contributed by atoms with E-state index in [9.17, 15) is 14.9 Å². The van der Waals surface area contributed by atoms with Crippen molar-refractivity contribution in [3.8, 4) is 22.8 Å². The minimum absolute atomic E-state index is 0.166. The van der Waals surface area contributed by atoms with E-state index in [-0.39, 0.29) is 5.76 Å². The summed E-state index contributed by atoms with van der Waals surface area (Å²) in [5, 5.41) is 13.3. The molecule has 0 unspecified atom stereocenters. The number of nitrogens with one attached hydrogen (secondary N) is 1. The molecule has 4 aromatic rings. The highest BCUT2D eigenvalue weighted by Crippen LogP contribution is 2.33. The summed E-state index contributed by atoms with van der Waals surface area (Å²) < 4.78 is 17.5. The molecule has 1 N–H and O–H groups in total. The number of pyridine rings is 1. The number of ether oxygens (including phenoxy) is 2. The second kappa shape index (κ2) is 7.59. The third-order valence-corrected chi connectivity index (χ3v) is 4.45. The van der Waals surface area contributed by atoms with Gasteiger partial charge >= 0.3 is 5.88 Å². The standard InChI is InChI=1S/C20H16N4O6/c1-28-13-7-8-23-15(11-21-18(23)10-13)14-4-3-12(9-17(14)29-2)22-20(25)16-5-6-19(30-16)24(26)27/h3-11H,1-2H3,(H,22,25). The molecule has 3 heterocycles. The minimum atomic E-state index is -0.708. The van der Waals surface area contributed by atoms with Crippen molar-refractivity contribution in [1.29, 1.82) is 0 Å². The predicted octanol–water partition coefficient (Wildman–Crippen LogP) is 3.77. The molecule has 0 spiro atoms. The molecular weight excluding hydrogens is 392 g/mol. The summed E-state index contributed by atoms with van der Waals surface area (Å²) in [6.45, 7) is 0. The molecule has 10 nitrogen and oxygen atoms in total. The number of fused-ring (bicyclic) bond motifs is 1. The van der Waals surface area contributed by atoms with Crippen LogP contribution in [0.5, 0.6) is 11.5 Å². The Hall–Kier alpha value is -4.34. The van der Waals surface area contributed by atoms with Gasteiger partial charge in [0.05, 0.1) is 32.2 Å². The molecule has 0 aliphatic carbocycles. The molecule has 0 fully saturated rings. The lowest BCUT2D eigenvalue weighted by molar-refractivity contribution is -0.402. The van der Waals surface area contributed by atoms with E-state index in [4.69, 9.17) is 13.9 Å². The number of anilines is 1. The van der Waals surface area contributed by atoms with Crippen LogP contribution in [0.3, 0.4) is 0 Å². The Bertz CT molecular complexity index is 1260. The summed E-state index contributed by atoms with van der Waals surface area (Å²) >= 11 is 0. The zero-order valence-corrected chi connectivity index (χ0v) is 16.0. The Morgan fingerprint density at radius 1 is 1.17 bits per heavy atom. The molecule has 0 radical (unpaired) electrons. The van der Waals surface area contributed by atoms with E-state index in [2.05, 4.69) is 10.3 Å². The third kappa shape index (κ3) is 3.41. The van der Waals surface area contributed by atoms with Crippen LogP contribution in [0, 0.1) is 10.1 Å². The average molecular weight is 408 g/mol. The maximum absolute atomic E-state index is 12.3. The molecule has 10 heteroatoms. The molecule has 0 saturated heterocycles. The second-order valence-electron chi connectivity index (χ2n) is 6.20. The largest absolute Gasteiger partial charge is 0.497 e. The molecule has 0 atom stereocenters. The highest BCUT2D eigenvalue weighted by Gasteiger charge is 2.18. The number of aromatic nitrogens is 2. The fourth-order valence-corrected chi connectivity index (χ4v) is 3.01. The van der Waals surface area contributed by atoms with Crippen LogP contribution < -0.4 is 14.8 Å². The van der Waals surface area contributed by atoms with Crippen molar-refractivity contribution in [2.45, 2.75) is 0 Å². The molecule has 0 aliphatic rings. The van der Waals surface area contributed by atoms with Crippen molar-refractivity contribution in [2.75, 3.05) is 19.5 Å². The van der Waals surface area contributed by atoms with Gasteiger partial charge in [-0.3, -0.25) is 19.3 Å². The van der Waals surface area contributed by atoms with Gasteiger partial charge in [-0.1, -0.05) is 0 Å². The SMILES string of the molecule is COc1ccn2c(-c3ccc(NC(=O)c4ccc([N+](=O)[O-])o4)cc3OC)cnc2c1.